The van der Waals surface area contributed by atoms with Crippen molar-refractivity contribution in [2.24, 2.45) is 0 Å². The number of carbonyl (C=O) groups excluding carboxylic acids is 1. The van der Waals surface area contributed by atoms with Gasteiger partial charge in [0.2, 0.25) is 0 Å². The first-order chi connectivity index (χ1) is 5.83. The fourth-order valence-electron chi connectivity index (χ4n) is 0.666. The van der Waals surface area contributed by atoms with Crippen molar-refractivity contribution >= 4 is 31.0 Å². The summed E-state index contributed by atoms with van der Waals surface area (Å²) in [4.78, 5) is 14.6. The number of carbonyl (C=O) groups is 1. The van der Waals surface area contributed by atoms with Gasteiger partial charge in [-0.15, -0.1) is 0 Å². The quantitative estimate of drug-likeness (QED) is 0.770. The van der Waals surface area contributed by atoms with Gasteiger partial charge in [-0.1, -0.05) is 0 Å². The number of rotatable bonds is 4. The zero-order valence-electron chi connectivity index (χ0n) is 6.32. The van der Waals surface area contributed by atoms with Crippen LogP contribution in [-0.4, -0.2) is 47.7 Å². The molecule has 1 N–H and O–H groups in total. The molecule has 1 radical (unpaired) electrons. The van der Waals surface area contributed by atoms with Gasteiger partial charge in [-0.3, -0.25) is 0 Å². The van der Waals surface area contributed by atoms with Crippen molar-refractivity contribution in [1.82, 2.24) is 15.5 Å². The Labute approximate surface area is 85.0 Å². The number of nitrogens with zero attached hydrogens (tertiary/aromatic N) is 2. The molecule has 12 heavy (non-hydrogen) atoms. The second-order valence-corrected chi connectivity index (χ2v) is 3.20. The number of hydrogen-bond acceptors (Lipinski definition) is 4. The second-order valence-electron chi connectivity index (χ2n) is 2.08. The fourth-order valence-corrected chi connectivity index (χ4v) is 1.06. The van der Waals surface area contributed by atoms with Crippen molar-refractivity contribution < 1.29 is 9.32 Å². The zero-order valence-corrected chi connectivity index (χ0v) is 9.49. The molecule has 0 saturated heterocycles. The van der Waals surface area contributed by atoms with Gasteiger partial charge < -0.3 is 0 Å². The summed E-state index contributed by atoms with van der Waals surface area (Å²) >= 11 is 1.26. The van der Waals surface area contributed by atoms with Gasteiger partial charge in [-0.05, 0) is 0 Å². The first kappa shape index (κ1) is 9.59. The first-order valence-corrected chi connectivity index (χ1v) is 5.67. The minimum atomic E-state index is 0.0736. The van der Waals surface area contributed by atoms with E-state index in [9.17, 15) is 4.79 Å². The van der Waals surface area contributed by atoms with Crippen molar-refractivity contribution in [3.05, 3.63) is 12.2 Å². The molecule has 5 nitrogen and oxygen atoms in total. The second kappa shape index (κ2) is 5.20. The van der Waals surface area contributed by atoms with Gasteiger partial charge in [-0.2, -0.15) is 0 Å². The summed E-state index contributed by atoms with van der Waals surface area (Å²) in [7, 11) is 0. The molecule has 0 unspecified atom stereocenters. The van der Waals surface area contributed by atoms with Crippen LogP contribution in [0.5, 0.6) is 0 Å². The SMILES string of the molecule is O=C([CH2][Po])NCCc1ncno1. The number of amides is 1. The Balaban J connectivity index is 2.15. The topological polar surface area (TPSA) is 68.0 Å². The molecule has 65 valence electrons. The maximum absolute atomic E-state index is 10.8. The van der Waals surface area contributed by atoms with Crippen LogP contribution < -0.4 is 5.32 Å². The van der Waals surface area contributed by atoms with E-state index >= 15 is 0 Å². The Morgan fingerprint density at radius 2 is 2.58 bits per heavy atom. The van der Waals surface area contributed by atoms with Gasteiger partial charge in [0.1, 0.15) is 0 Å². The van der Waals surface area contributed by atoms with Crippen LogP contribution in [-0.2, 0) is 11.2 Å². The van der Waals surface area contributed by atoms with Crippen molar-refractivity contribution in [3.63, 3.8) is 0 Å². The molecule has 0 saturated carbocycles. The fraction of sp³-hybridized carbons (Fsp3) is 0.500. The summed E-state index contributed by atoms with van der Waals surface area (Å²) in [6, 6.07) is 0. The minimum absolute atomic E-state index is 0.0736. The molecule has 0 atom stereocenters. The third kappa shape index (κ3) is 3.27. The van der Waals surface area contributed by atoms with Crippen LogP contribution in [0.15, 0.2) is 10.9 Å². The van der Waals surface area contributed by atoms with Gasteiger partial charge >= 0.3 is 85.0 Å². The van der Waals surface area contributed by atoms with Crippen LogP contribution in [0, 0.1) is 0 Å². The average Bonchev–Trinajstić information content (AvgIpc) is 2.57. The average molecular weight is 363 g/mol. The summed E-state index contributed by atoms with van der Waals surface area (Å²) in [5.41, 5.74) is 0. The van der Waals surface area contributed by atoms with E-state index in [0.717, 1.165) is 0 Å². The van der Waals surface area contributed by atoms with Crippen LogP contribution >= 0.6 is 0 Å². The molecule has 1 aromatic rings. The third-order valence-corrected chi connectivity index (χ3v) is 2.22. The van der Waals surface area contributed by atoms with Gasteiger partial charge in [0.15, 0.2) is 0 Å². The molecule has 6 heteroatoms. The standard InChI is InChI=1S/C6H8N3O2.Po/c1-5(10)7-3-2-6-8-4-9-11-6;/h4H,1-3H2,(H,7,10);. The van der Waals surface area contributed by atoms with E-state index in [1.165, 1.54) is 31.4 Å². The molecule has 0 aliphatic rings. The molecule has 0 spiro atoms. The van der Waals surface area contributed by atoms with Crippen LogP contribution in [0.3, 0.4) is 0 Å². The van der Waals surface area contributed by atoms with Crippen LogP contribution in [0.2, 0.25) is 4.08 Å². The molecular formula is C6H8N3O2Po. The van der Waals surface area contributed by atoms with E-state index in [1.807, 2.05) is 0 Å². The van der Waals surface area contributed by atoms with E-state index in [-0.39, 0.29) is 5.91 Å². The Hall–Kier alpha value is -0.494. The van der Waals surface area contributed by atoms with Crippen LogP contribution in [0.25, 0.3) is 0 Å². The van der Waals surface area contributed by atoms with Crippen molar-refractivity contribution in [2.45, 2.75) is 10.5 Å². The first-order valence-electron chi connectivity index (χ1n) is 3.43. The van der Waals surface area contributed by atoms with E-state index in [1.54, 1.807) is 0 Å². The molecule has 0 aliphatic heterocycles. The summed E-state index contributed by atoms with van der Waals surface area (Å²) in [5.74, 6) is 0.628. The van der Waals surface area contributed by atoms with Crippen molar-refractivity contribution in [3.8, 4) is 0 Å². The number of nitrogens with one attached hydrogen (secondary N) is 1. The molecule has 1 heterocycles. The van der Waals surface area contributed by atoms with E-state index < -0.39 is 0 Å². The zero-order chi connectivity index (χ0) is 8.81. The van der Waals surface area contributed by atoms with Crippen molar-refractivity contribution in [2.75, 3.05) is 6.54 Å². The monoisotopic (exact) mass is 363 g/mol. The third-order valence-electron chi connectivity index (χ3n) is 1.20. The van der Waals surface area contributed by atoms with Gasteiger partial charge in [-0.25, -0.2) is 0 Å². The number of aromatic nitrogens is 2. The van der Waals surface area contributed by atoms with Gasteiger partial charge in [0, 0.05) is 0 Å². The molecule has 0 fully saturated rings. The summed E-state index contributed by atoms with van der Waals surface area (Å²) in [6.07, 6.45) is 1.95. The Morgan fingerprint density at radius 1 is 1.75 bits per heavy atom. The normalized spacial score (nSPS) is 9.75. The maximum atomic E-state index is 10.8. The summed E-state index contributed by atoms with van der Waals surface area (Å²) in [5, 5.41) is 6.17. The van der Waals surface area contributed by atoms with Crippen LogP contribution in [0.4, 0.5) is 0 Å². The molecule has 1 amide bonds. The Morgan fingerprint density at radius 3 is 3.17 bits per heavy atom. The van der Waals surface area contributed by atoms with Gasteiger partial charge in [0.05, 0.1) is 0 Å². The van der Waals surface area contributed by atoms with E-state index in [0.29, 0.717) is 22.9 Å². The number of hydrogen-bond donors (Lipinski definition) is 1. The molecule has 1 aromatic heterocycles. The summed E-state index contributed by atoms with van der Waals surface area (Å²) < 4.78 is 5.33. The molecule has 0 bridgehead atoms. The molecular weight excluding hydrogens is 355 g/mol. The summed E-state index contributed by atoms with van der Waals surface area (Å²) in [6.45, 7) is 0.564. The van der Waals surface area contributed by atoms with E-state index in [4.69, 9.17) is 4.52 Å². The van der Waals surface area contributed by atoms with Gasteiger partial charge in [0.25, 0.3) is 0 Å². The Kier molecular flexibility index (Phi) is 4.16. The molecule has 0 aromatic carbocycles. The van der Waals surface area contributed by atoms with Crippen LogP contribution in [0.1, 0.15) is 5.89 Å². The van der Waals surface area contributed by atoms with Crippen molar-refractivity contribution in [1.29, 1.82) is 0 Å². The van der Waals surface area contributed by atoms with E-state index in [2.05, 4.69) is 15.5 Å². The predicted octanol–water partition coefficient (Wildman–Crippen LogP) is -0.685. The molecule has 1 rings (SSSR count). The predicted molar refractivity (Wildman–Crippen MR) is 41.6 cm³/mol. The molecule has 0 aliphatic carbocycles. The Bertz CT molecular complexity index is 237.